The van der Waals surface area contributed by atoms with Crippen LogP contribution in [-0.4, -0.2) is 5.78 Å². The van der Waals surface area contributed by atoms with Gasteiger partial charge < -0.3 is 0 Å². The van der Waals surface area contributed by atoms with Crippen LogP contribution >= 0.6 is 0 Å². The Bertz CT molecular complexity index is 496. The van der Waals surface area contributed by atoms with Crippen LogP contribution in [0.2, 0.25) is 0 Å². The lowest BCUT2D eigenvalue weighted by Gasteiger charge is -2.38. The molecule has 0 spiro atoms. The topological polar surface area (TPSA) is 17.1 Å². The zero-order chi connectivity index (χ0) is 14.2. The Hall–Kier alpha value is -1.11. The van der Waals surface area contributed by atoms with Crippen LogP contribution in [0, 0.1) is 11.3 Å². The fraction of sp³-hybridized carbons (Fsp3) is 0.632. The third-order valence-electron chi connectivity index (χ3n) is 5.59. The smallest absolute Gasteiger partial charge is 0.166 e. The fourth-order valence-electron chi connectivity index (χ4n) is 3.96. The van der Waals surface area contributed by atoms with E-state index in [1.54, 1.807) is 0 Å². The molecule has 0 saturated heterocycles. The normalized spacial score (nSPS) is 26.0. The number of benzene rings is 1. The number of ketones is 1. The molecule has 108 valence electrons. The Morgan fingerprint density at radius 1 is 1.05 bits per heavy atom. The molecule has 0 amide bonds. The van der Waals surface area contributed by atoms with Crippen molar-refractivity contribution in [1.82, 2.24) is 0 Å². The summed E-state index contributed by atoms with van der Waals surface area (Å²) < 4.78 is 0. The summed E-state index contributed by atoms with van der Waals surface area (Å²) in [6.07, 6.45) is 8.60. The number of Topliss-reactive ketones (excluding diaryl/α,β-unsaturated/α-hetero) is 1. The van der Waals surface area contributed by atoms with Crippen molar-refractivity contribution >= 4 is 5.78 Å². The van der Waals surface area contributed by atoms with Crippen molar-refractivity contribution in [3.8, 4) is 0 Å². The van der Waals surface area contributed by atoms with E-state index in [4.69, 9.17) is 0 Å². The molecule has 1 heteroatoms. The van der Waals surface area contributed by atoms with Crippen LogP contribution in [0.5, 0.6) is 0 Å². The molecule has 1 aromatic rings. The molecule has 0 heterocycles. The minimum absolute atomic E-state index is 0.169. The Labute approximate surface area is 122 Å². The minimum Gasteiger partial charge on any atom is -0.294 e. The number of carbonyl (C=O) groups excluding carboxylic acids is 1. The molecule has 1 atom stereocenters. The third-order valence-corrected chi connectivity index (χ3v) is 5.59. The molecule has 1 aromatic carbocycles. The number of rotatable bonds is 3. The van der Waals surface area contributed by atoms with E-state index >= 15 is 0 Å². The summed E-state index contributed by atoms with van der Waals surface area (Å²) in [5.41, 5.74) is 2.52. The van der Waals surface area contributed by atoms with Gasteiger partial charge in [-0.2, -0.15) is 0 Å². The van der Waals surface area contributed by atoms with Gasteiger partial charge in [-0.25, -0.2) is 0 Å². The maximum atomic E-state index is 13.1. The molecule has 2 fully saturated rings. The lowest BCUT2D eigenvalue weighted by molar-refractivity contribution is 0.0695. The average molecular weight is 270 g/mol. The highest BCUT2D eigenvalue weighted by Gasteiger charge is 2.38. The maximum absolute atomic E-state index is 13.1. The van der Waals surface area contributed by atoms with E-state index < -0.39 is 0 Å². The molecule has 0 radical (unpaired) electrons. The van der Waals surface area contributed by atoms with Crippen LogP contribution < -0.4 is 0 Å². The summed E-state index contributed by atoms with van der Waals surface area (Å²) in [5, 5.41) is 0. The molecule has 1 nitrogen and oxygen atoms in total. The maximum Gasteiger partial charge on any atom is 0.166 e. The summed E-state index contributed by atoms with van der Waals surface area (Å²) in [7, 11) is 0. The highest BCUT2D eigenvalue weighted by atomic mass is 16.1. The van der Waals surface area contributed by atoms with Gasteiger partial charge in [0.05, 0.1) is 0 Å². The first-order chi connectivity index (χ1) is 9.59. The molecule has 0 N–H and O–H groups in total. The molecule has 0 aromatic heterocycles. The van der Waals surface area contributed by atoms with Gasteiger partial charge in [-0.3, -0.25) is 4.79 Å². The molecule has 0 bridgehead atoms. The van der Waals surface area contributed by atoms with Gasteiger partial charge in [0.25, 0.3) is 0 Å². The fourth-order valence-corrected chi connectivity index (χ4v) is 3.96. The van der Waals surface area contributed by atoms with Crippen LogP contribution in [0.4, 0.5) is 0 Å². The van der Waals surface area contributed by atoms with E-state index in [1.165, 1.54) is 44.1 Å². The first-order valence-corrected chi connectivity index (χ1v) is 8.23. The average Bonchev–Trinajstić information content (AvgIpc) is 2.36. The second-order valence-electron chi connectivity index (χ2n) is 7.37. The zero-order valence-corrected chi connectivity index (χ0v) is 12.8. The van der Waals surface area contributed by atoms with E-state index in [0.29, 0.717) is 11.7 Å². The van der Waals surface area contributed by atoms with Crippen molar-refractivity contribution < 1.29 is 4.79 Å². The molecular formula is C19H26O. The number of carbonyl (C=O) groups is 1. The van der Waals surface area contributed by atoms with Crippen molar-refractivity contribution in [2.45, 2.75) is 64.7 Å². The molecule has 2 saturated carbocycles. The third kappa shape index (κ3) is 2.43. The van der Waals surface area contributed by atoms with Crippen LogP contribution in [0.1, 0.15) is 80.6 Å². The highest BCUT2D eigenvalue weighted by Crippen LogP contribution is 2.44. The van der Waals surface area contributed by atoms with E-state index in [9.17, 15) is 4.79 Å². The van der Waals surface area contributed by atoms with Crippen molar-refractivity contribution in [1.29, 1.82) is 0 Å². The predicted octanol–water partition coefficient (Wildman–Crippen LogP) is 5.35. The zero-order valence-electron chi connectivity index (χ0n) is 12.8. The van der Waals surface area contributed by atoms with Crippen LogP contribution in [-0.2, 0) is 0 Å². The summed E-state index contributed by atoms with van der Waals surface area (Å²) in [5.74, 6) is 1.27. The number of hydrogen-bond donors (Lipinski definition) is 0. The molecule has 20 heavy (non-hydrogen) atoms. The van der Waals surface area contributed by atoms with Gasteiger partial charge in [0.15, 0.2) is 5.78 Å². The Morgan fingerprint density at radius 3 is 2.45 bits per heavy atom. The molecule has 2 aliphatic carbocycles. The summed E-state index contributed by atoms with van der Waals surface area (Å²) in [4.78, 5) is 13.1. The van der Waals surface area contributed by atoms with Gasteiger partial charge in [0, 0.05) is 11.5 Å². The van der Waals surface area contributed by atoms with Gasteiger partial charge in [0.1, 0.15) is 0 Å². The molecule has 2 aliphatic rings. The standard InChI is InChI=1S/C19H26O/c1-19(2)13-6-5-12-17(19)18(20)16-11-4-3-10-15(16)14-8-7-9-14/h3-4,10-11,14,17H,5-9,12-13H2,1-2H3. The van der Waals surface area contributed by atoms with Crippen LogP contribution in [0.3, 0.4) is 0 Å². The predicted molar refractivity (Wildman–Crippen MR) is 83.1 cm³/mol. The molecule has 0 aliphatic heterocycles. The van der Waals surface area contributed by atoms with E-state index in [0.717, 1.165) is 12.0 Å². The van der Waals surface area contributed by atoms with Crippen molar-refractivity contribution in [3.05, 3.63) is 35.4 Å². The van der Waals surface area contributed by atoms with Crippen molar-refractivity contribution in [2.24, 2.45) is 11.3 Å². The van der Waals surface area contributed by atoms with E-state index in [-0.39, 0.29) is 11.3 Å². The Morgan fingerprint density at radius 2 is 1.80 bits per heavy atom. The Balaban J connectivity index is 1.90. The molecular weight excluding hydrogens is 244 g/mol. The molecule has 3 rings (SSSR count). The molecule has 1 unspecified atom stereocenters. The van der Waals surface area contributed by atoms with Gasteiger partial charge in [0.2, 0.25) is 0 Å². The lowest BCUT2D eigenvalue weighted by Crippen LogP contribution is -2.34. The van der Waals surface area contributed by atoms with Crippen molar-refractivity contribution in [2.75, 3.05) is 0 Å². The van der Waals surface area contributed by atoms with Gasteiger partial charge >= 0.3 is 0 Å². The highest BCUT2D eigenvalue weighted by molar-refractivity contribution is 5.99. The summed E-state index contributed by atoms with van der Waals surface area (Å²) in [6, 6.07) is 8.38. The monoisotopic (exact) mass is 270 g/mol. The minimum atomic E-state index is 0.169. The van der Waals surface area contributed by atoms with E-state index in [1.807, 2.05) is 6.07 Å². The van der Waals surface area contributed by atoms with Crippen molar-refractivity contribution in [3.63, 3.8) is 0 Å². The van der Waals surface area contributed by atoms with Gasteiger partial charge in [-0.1, -0.05) is 57.4 Å². The quantitative estimate of drug-likeness (QED) is 0.676. The first-order valence-electron chi connectivity index (χ1n) is 8.23. The van der Waals surface area contributed by atoms with E-state index in [2.05, 4.69) is 32.0 Å². The van der Waals surface area contributed by atoms with Crippen LogP contribution in [0.15, 0.2) is 24.3 Å². The number of hydrogen-bond acceptors (Lipinski definition) is 1. The second-order valence-corrected chi connectivity index (χ2v) is 7.37. The first kappa shape index (κ1) is 13.9. The Kier molecular flexibility index (Phi) is 3.70. The van der Waals surface area contributed by atoms with Gasteiger partial charge in [-0.05, 0) is 42.6 Å². The summed E-state index contributed by atoms with van der Waals surface area (Å²) >= 11 is 0. The van der Waals surface area contributed by atoms with Crippen LogP contribution in [0.25, 0.3) is 0 Å². The SMILES string of the molecule is CC1(C)CCCCC1C(=O)c1ccccc1C1CCC1. The lowest BCUT2D eigenvalue weighted by atomic mass is 9.65. The summed E-state index contributed by atoms with van der Waals surface area (Å²) in [6.45, 7) is 4.56. The largest absolute Gasteiger partial charge is 0.294 e. The van der Waals surface area contributed by atoms with Gasteiger partial charge in [-0.15, -0.1) is 0 Å². The second kappa shape index (κ2) is 5.35.